The fourth-order valence-corrected chi connectivity index (χ4v) is 2.61. The first kappa shape index (κ1) is 15.9. The third-order valence-electron chi connectivity index (χ3n) is 3.85. The molecule has 0 saturated heterocycles. The number of aromatic nitrogens is 4. The van der Waals surface area contributed by atoms with Crippen LogP contribution in [-0.2, 0) is 0 Å². The van der Waals surface area contributed by atoms with E-state index in [4.69, 9.17) is 14.2 Å². The fourth-order valence-electron chi connectivity index (χ4n) is 2.61. The molecule has 0 radical (unpaired) electrons. The van der Waals surface area contributed by atoms with E-state index in [-0.39, 0.29) is 0 Å². The molecule has 0 aliphatic rings. The SMILES string of the molecule is COc1cccc(Oc2ccc3nnc(-c4ccccc4OC)n3n2)c1. The Bertz CT molecular complexity index is 1060. The van der Waals surface area contributed by atoms with Crippen molar-refractivity contribution in [2.24, 2.45) is 0 Å². The number of fused-ring (bicyclic) bond motifs is 1. The van der Waals surface area contributed by atoms with Crippen molar-refractivity contribution in [1.29, 1.82) is 0 Å². The van der Waals surface area contributed by atoms with Gasteiger partial charge >= 0.3 is 0 Å². The molecule has 130 valence electrons. The molecule has 4 rings (SSSR count). The highest BCUT2D eigenvalue weighted by Crippen LogP contribution is 2.29. The minimum absolute atomic E-state index is 0.418. The average molecular weight is 348 g/mol. The van der Waals surface area contributed by atoms with E-state index in [0.717, 1.165) is 5.56 Å². The highest BCUT2D eigenvalue weighted by atomic mass is 16.5. The number of hydrogen-bond acceptors (Lipinski definition) is 6. The zero-order valence-corrected chi connectivity index (χ0v) is 14.3. The molecule has 0 N–H and O–H groups in total. The lowest BCUT2D eigenvalue weighted by Gasteiger charge is -2.08. The second-order valence-electron chi connectivity index (χ2n) is 5.45. The lowest BCUT2D eigenvalue weighted by molar-refractivity contribution is 0.406. The van der Waals surface area contributed by atoms with Gasteiger partial charge in [0.05, 0.1) is 19.8 Å². The zero-order valence-electron chi connectivity index (χ0n) is 14.3. The summed E-state index contributed by atoms with van der Waals surface area (Å²) in [6, 6.07) is 18.5. The van der Waals surface area contributed by atoms with Crippen LogP contribution in [0.5, 0.6) is 23.1 Å². The fraction of sp³-hybridized carbons (Fsp3) is 0.105. The Balaban J connectivity index is 1.75. The van der Waals surface area contributed by atoms with Crippen LogP contribution < -0.4 is 14.2 Å². The first-order valence-electron chi connectivity index (χ1n) is 7.96. The molecule has 0 fully saturated rings. The molecule has 0 saturated carbocycles. The van der Waals surface area contributed by atoms with Gasteiger partial charge in [0.25, 0.3) is 0 Å². The molecular formula is C19H16N4O3. The number of hydrogen-bond donors (Lipinski definition) is 0. The van der Waals surface area contributed by atoms with E-state index in [9.17, 15) is 0 Å². The minimum Gasteiger partial charge on any atom is -0.497 e. The van der Waals surface area contributed by atoms with Crippen LogP contribution in [0.2, 0.25) is 0 Å². The van der Waals surface area contributed by atoms with Gasteiger partial charge in [0, 0.05) is 12.1 Å². The molecule has 0 amide bonds. The van der Waals surface area contributed by atoms with Gasteiger partial charge < -0.3 is 14.2 Å². The van der Waals surface area contributed by atoms with E-state index in [2.05, 4.69) is 15.3 Å². The Morgan fingerprint density at radius 3 is 2.50 bits per heavy atom. The molecule has 7 heteroatoms. The van der Waals surface area contributed by atoms with Crippen molar-refractivity contribution in [2.75, 3.05) is 14.2 Å². The van der Waals surface area contributed by atoms with Gasteiger partial charge in [-0.25, -0.2) is 0 Å². The predicted molar refractivity (Wildman–Crippen MR) is 95.8 cm³/mol. The smallest absolute Gasteiger partial charge is 0.237 e. The molecule has 4 aromatic rings. The number of rotatable bonds is 5. The van der Waals surface area contributed by atoms with Gasteiger partial charge in [0.1, 0.15) is 17.2 Å². The molecule has 2 heterocycles. The van der Waals surface area contributed by atoms with E-state index in [1.54, 1.807) is 36.9 Å². The number of benzene rings is 2. The molecule has 0 unspecified atom stereocenters. The number of para-hydroxylation sites is 1. The van der Waals surface area contributed by atoms with Gasteiger partial charge in [-0.05, 0) is 30.3 Å². The minimum atomic E-state index is 0.418. The van der Waals surface area contributed by atoms with Crippen LogP contribution in [0.15, 0.2) is 60.7 Å². The first-order valence-corrected chi connectivity index (χ1v) is 7.96. The number of methoxy groups -OCH3 is 2. The maximum absolute atomic E-state index is 5.85. The van der Waals surface area contributed by atoms with Crippen LogP contribution in [0.1, 0.15) is 0 Å². The van der Waals surface area contributed by atoms with Gasteiger partial charge in [-0.1, -0.05) is 18.2 Å². The molecule has 26 heavy (non-hydrogen) atoms. The lowest BCUT2D eigenvalue weighted by atomic mass is 10.2. The van der Waals surface area contributed by atoms with Crippen molar-refractivity contribution in [1.82, 2.24) is 19.8 Å². The normalized spacial score (nSPS) is 10.7. The monoisotopic (exact) mass is 348 g/mol. The maximum Gasteiger partial charge on any atom is 0.237 e. The van der Waals surface area contributed by atoms with E-state index < -0.39 is 0 Å². The average Bonchev–Trinajstić information content (AvgIpc) is 3.11. The molecule has 0 spiro atoms. The van der Waals surface area contributed by atoms with Crippen LogP contribution in [0.4, 0.5) is 0 Å². The van der Waals surface area contributed by atoms with Gasteiger partial charge in [-0.2, -0.15) is 4.52 Å². The van der Waals surface area contributed by atoms with E-state index in [1.165, 1.54) is 0 Å². The first-order chi connectivity index (χ1) is 12.8. The molecule has 2 aromatic heterocycles. The topological polar surface area (TPSA) is 70.8 Å². The Hall–Kier alpha value is -3.61. The van der Waals surface area contributed by atoms with Crippen LogP contribution in [-0.4, -0.2) is 34.0 Å². The van der Waals surface area contributed by atoms with Crippen LogP contribution in [0.25, 0.3) is 17.0 Å². The molecule has 2 aromatic carbocycles. The Kier molecular flexibility index (Phi) is 4.10. The molecule has 0 atom stereocenters. The Labute approximate surface area is 149 Å². The standard InChI is InChI=1S/C19H16N4O3/c1-24-13-6-5-7-14(12-13)26-18-11-10-17-20-21-19(23(17)22-18)15-8-3-4-9-16(15)25-2/h3-12H,1-2H3. The van der Waals surface area contributed by atoms with Gasteiger partial charge in [0.2, 0.25) is 5.88 Å². The summed E-state index contributed by atoms with van der Waals surface area (Å²) >= 11 is 0. The molecular weight excluding hydrogens is 332 g/mol. The van der Waals surface area contributed by atoms with Gasteiger partial charge in [-0.15, -0.1) is 15.3 Å². The van der Waals surface area contributed by atoms with Gasteiger partial charge in [0.15, 0.2) is 11.5 Å². The Morgan fingerprint density at radius 1 is 0.808 bits per heavy atom. The highest BCUT2D eigenvalue weighted by molar-refractivity contribution is 5.66. The molecule has 0 aliphatic carbocycles. The summed E-state index contributed by atoms with van der Waals surface area (Å²) in [4.78, 5) is 0. The highest BCUT2D eigenvalue weighted by Gasteiger charge is 2.14. The zero-order chi connectivity index (χ0) is 17.9. The second kappa shape index (κ2) is 6.72. The van der Waals surface area contributed by atoms with E-state index >= 15 is 0 Å². The molecule has 7 nitrogen and oxygen atoms in total. The number of ether oxygens (including phenoxy) is 3. The summed E-state index contributed by atoms with van der Waals surface area (Å²) in [5, 5.41) is 12.9. The largest absolute Gasteiger partial charge is 0.497 e. The van der Waals surface area contributed by atoms with Gasteiger partial charge in [-0.3, -0.25) is 0 Å². The third-order valence-corrected chi connectivity index (χ3v) is 3.85. The Morgan fingerprint density at radius 2 is 1.65 bits per heavy atom. The summed E-state index contributed by atoms with van der Waals surface area (Å²) in [5.74, 6) is 3.03. The van der Waals surface area contributed by atoms with Crippen molar-refractivity contribution in [2.45, 2.75) is 0 Å². The maximum atomic E-state index is 5.85. The van der Waals surface area contributed by atoms with Crippen molar-refractivity contribution in [3.8, 4) is 34.5 Å². The van der Waals surface area contributed by atoms with Crippen molar-refractivity contribution in [3.63, 3.8) is 0 Å². The summed E-state index contributed by atoms with van der Waals surface area (Å²) in [7, 11) is 3.23. The quantitative estimate of drug-likeness (QED) is 0.549. The number of nitrogens with zero attached hydrogens (tertiary/aromatic N) is 4. The van der Waals surface area contributed by atoms with E-state index in [0.29, 0.717) is 34.6 Å². The van der Waals surface area contributed by atoms with Crippen molar-refractivity contribution < 1.29 is 14.2 Å². The molecule has 0 aliphatic heterocycles. The lowest BCUT2D eigenvalue weighted by Crippen LogP contribution is -1.99. The van der Waals surface area contributed by atoms with Crippen molar-refractivity contribution in [3.05, 3.63) is 60.7 Å². The van der Waals surface area contributed by atoms with Crippen LogP contribution in [0.3, 0.4) is 0 Å². The summed E-state index contributed by atoms with van der Waals surface area (Å²) in [6.45, 7) is 0. The molecule has 0 bridgehead atoms. The van der Waals surface area contributed by atoms with E-state index in [1.807, 2.05) is 42.5 Å². The third kappa shape index (κ3) is 2.90. The van der Waals surface area contributed by atoms with Crippen LogP contribution in [0, 0.1) is 0 Å². The van der Waals surface area contributed by atoms with Crippen LogP contribution >= 0.6 is 0 Å². The predicted octanol–water partition coefficient (Wildman–Crippen LogP) is 3.60. The van der Waals surface area contributed by atoms with Crippen molar-refractivity contribution >= 4 is 5.65 Å². The summed E-state index contributed by atoms with van der Waals surface area (Å²) < 4.78 is 18.1. The second-order valence-corrected chi connectivity index (χ2v) is 5.45. The summed E-state index contributed by atoms with van der Waals surface area (Å²) in [5.41, 5.74) is 1.41. The summed E-state index contributed by atoms with van der Waals surface area (Å²) in [6.07, 6.45) is 0.